The summed E-state index contributed by atoms with van der Waals surface area (Å²) in [5.74, 6) is 0.532. The number of nitrogens with zero attached hydrogens (tertiary/aromatic N) is 1. The molecule has 1 aromatic heterocycles. The van der Waals surface area contributed by atoms with E-state index in [2.05, 4.69) is 4.98 Å². The number of aromatic nitrogens is 1. The molecule has 0 spiro atoms. The van der Waals surface area contributed by atoms with E-state index >= 15 is 0 Å². The molecule has 1 heterocycles. The van der Waals surface area contributed by atoms with E-state index in [1.165, 1.54) is 0 Å². The van der Waals surface area contributed by atoms with Gasteiger partial charge in [0.1, 0.15) is 12.4 Å². The van der Waals surface area contributed by atoms with Crippen molar-refractivity contribution in [2.75, 3.05) is 0 Å². The van der Waals surface area contributed by atoms with Crippen LogP contribution >= 0.6 is 0 Å². The molecule has 0 aliphatic heterocycles. The number of halogens is 3. The Hall–Kier alpha value is -3.15. The summed E-state index contributed by atoms with van der Waals surface area (Å²) in [6.07, 6.45) is -3.46. The van der Waals surface area contributed by atoms with Gasteiger partial charge in [-0.3, -0.25) is 9.78 Å². The summed E-state index contributed by atoms with van der Waals surface area (Å²) in [5, 5.41) is 0. The molecule has 3 rings (SSSR count). The molecule has 6 heteroatoms. The minimum Gasteiger partial charge on any atom is -0.489 e. The van der Waals surface area contributed by atoms with Crippen LogP contribution in [0.4, 0.5) is 13.2 Å². The molecule has 0 aliphatic rings. The Morgan fingerprint density at radius 2 is 1.77 bits per heavy atom. The zero-order valence-corrected chi connectivity index (χ0v) is 13.5. The van der Waals surface area contributed by atoms with Crippen LogP contribution < -0.4 is 4.74 Å². The molecular weight excluding hydrogens is 343 g/mol. The number of aldehydes is 1. The molecule has 0 fully saturated rings. The first-order chi connectivity index (χ1) is 12.5. The van der Waals surface area contributed by atoms with Crippen LogP contribution in [0.25, 0.3) is 11.3 Å². The highest BCUT2D eigenvalue weighted by molar-refractivity contribution is 5.86. The largest absolute Gasteiger partial charge is 0.489 e. The van der Waals surface area contributed by atoms with Crippen LogP contribution in [-0.4, -0.2) is 11.3 Å². The van der Waals surface area contributed by atoms with E-state index in [9.17, 15) is 18.0 Å². The van der Waals surface area contributed by atoms with Crippen molar-refractivity contribution in [1.82, 2.24) is 4.98 Å². The van der Waals surface area contributed by atoms with Crippen LogP contribution in [0.2, 0.25) is 0 Å². The smallest absolute Gasteiger partial charge is 0.417 e. The molecule has 0 atom stereocenters. The summed E-state index contributed by atoms with van der Waals surface area (Å²) < 4.78 is 44.1. The Kier molecular flexibility index (Phi) is 5.02. The van der Waals surface area contributed by atoms with Crippen LogP contribution in [0.5, 0.6) is 5.75 Å². The first-order valence-corrected chi connectivity index (χ1v) is 7.77. The molecule has 0 aliphatic carbocycles. The first kappa shape index (κ1) is 17.7. The molecule has 0 bridgehead atoms. The average Bonchev–Trinajstić information content (AvgIpc) is 2.66. The van der Waals surface area contributed by atoms with Crippen molar-refractivity contribution in [3.05, 3.63) is 83.6 Å². The number of rotatable bonds is 5. The van der Waals surface area contributed by atoms with Crippen molar-refractivity contribution >= 4 is 6.29 Å². The van der Waals surface area contributed by atoms with E-state index in [-0.39, 0.29) is 11.3 Å². The lowest BCUT2D eigenvalue weighted by Gasteiger charge is -2.11. The van der Waals surface area contributed by atoms with Gasteiger partial charge in [0.05, 0.1) is 11.3 Å². The van der Waals surface area contributed by atoms with E-state index in [1.807, 2.05) is 30.3 Å². The number of ether oxygens (including phenoxy) is 1. The van der Waals surface area contributed by atoms with Gasteiger partial charge >= 0.3 is 6.18 Å². The van der Waals surface area contributed by atoms with E-state index in [0.717, 1.165) is 17.8 Å². The van der Waals surface area contributed by atoms with Gasteiger partial charge in [0, 0.05) is 17.3 Å². The third-order valence-corrected chi connectivity index (χ3v) is 3.73. The standard InChI is InChI=1S/C20H14F3NO2/c21-20(22,23)17-9-16(12-25)19(24-11-17)15-7-4-8-18(10-15)26-13-14-5-2-1-3-6-14/h1-12H,13H2. The lowest BCUT2D eigenvalue weighted by atomic mass is 10.0. The molecule has 3 aromatic rings. The third-order valence-electron chi connectivity index (χ3n) is 3.73. The predicted octanol–water partition coefficient (Wildman–Crippen LogP) is 5.16. The fourth-order valence-electron chi connectivity index (χ4n) is 2.44. The second kappa shape index (κ2) is 7.39. The fourth-order valence-corrected chi connectivity index (χ4v) is 2.44. The van der Waals surface area contributed by atoms with Gasteiger partial charge in [0.2, 0.25) is 0 Å². The molecule has 26 heavy (non-hydrogen) atoms. The molecule has 2 aromatic carbocycles. The van der Waals surface area contributed by atoms with Crippen LogP contribution in [0, 0.1) is 0 Å². The first-order valence-electron chi connectivity index (χ1n) is 7.77. The SMILES string of the molecule is O=Cc1cc(C(F)(F)F)cnc1-c1cccc(OCc2ccccc2)c1. The molecule has 0 radical (unpaired) electrons. The average molecular weight is 357 g/mol. The lowest BCUT2D eigenvalue weighted by Crippen LogP contribution is -2.07. The molecular formula is C20H14F3NO2. The van der Waals surface area contributed by atoms with Crippen LogP contribution in [0.15, 0.2) is 66.9 Å². The third kappa shape index (κ3) is 4.08. The van der Waals surface area contributed by atoms with E-state index in [0.29, 0.717) is 24.2 Å². The number of pyridine rings is 1. The second-order valence-corrected chi connectivity index (χ2v) is 5.58. The summed E-state index contributed by atoms with van der Waals surface area (Å²) in [6, 6.07) is 17.1. The van der Waals surface area contributed by atoms with Gasteiger partial charge in [0.25, 0.3) is 0 Å². The topological polar surface area (TPSA) is 39.2 Å². The van der Waals surface area contributed by atoms with Gasteiger partial charge in [-0.2, -0.15) is 13.2 Å². The van der Waals surface area contributed by atoms with Crippen molar-refractivity contribution < 1.29 is 22.7 Å². The van der Waals surface area contributed by atoms with Gasteiger partial charge in [-0.15, -0.1) is 0 Å². The Labute approximate surface area is 148 Å². The highest BCUT2D eigenvalue weighted by Gasteiger charge is 2.31. The zero-order chi connectivity index (χ0) is 18.6. The second-order valence-electron chi connectivity index (χ2n) is 5.58. The minimum atomic E-state index is -4.55. The Morgan fingerprint density at radius 3 is 2.46 bits per heavy atom. The van der Waals surface area contributed by atoms with E-state index in [1.54, 1.807) is 24.3 Å². The Morgan fingerprint density at radius 1 is 1.00 bits per heavy atom. The number of hydrogen-bond donors (Lipinski definition) is 0. The van der Waals surface area contributed by atoms with Crippen molar-refractivity contribution in [3.8, 4) is 17.0 Å². The van der Waals surface area contributed by atoms with E-state index in [4.69, 9.17) is 4.74 Å². The van der Waals surface area contributed by atoms with Gasteiger partial charge in [-0.25, -0.2) is 0 Å². The molecule has 0 saturated heterocycles. The van der Waals surface area contributed by atoms with Gasteiger partial charge in [-0.1, -0.05) is 42.5 Å². The maximum atomic E-state index is 12.8. The predicted molar refractivity (Wildman–Crippen MR) is 90.8 cm³/mol. The number of carbonyl (C=O) groups excluding carboxylic acids is 1. The minimum absolute atomic E-state index is 0.125. The Balaban J connectivity index is 1.87. The summed E-state index contributed by atoms with van der Waals surface area (Å²) in [4.78, 5) is 15.1. The highest BCUT2D eigenvalue weighted by atomic mass is 19.4. The number of benzene rings is 2. The quantitative estimate of drug-likeness (QED) is 0.592. The molecule has 3 nitrogen and oxygen atoms in total. The summed E-state index contributed by atoms with van der Waals surface area (Å²) in [7, 11) is 0. The summed E-state index contributed by atoms with van der Waals surface area (Å²) >= 11 is 0. The van der Waals surface area contributed by atoms with Crippen molar-refractivity contribution in [2.24, 2.45) is 0 Å². The molecule has 0 unspecified atom stereocenters. The zero-order valence-electron chi connectivity index (χ0n) is 13.5. The van der Waals surface area contributed by atoms with Gasteiger partial charge in [-0.05, 0) is 23.8 Å². The van der Waals surface area contributed by atoms with Crippen molar-refractivity contribution in [2.45, 2.75) is 12.8 Å². The van der Waals surface area contributed by atoms with Gasteiger partial charge < -0.3 is 4.74 Å². The fraction of sp³-hybridized carbons (Fsp3) is 0.100. The van der Waals surface area contributed by atoms with Crippen LogP contribution in [-0.2, 0) is 12.8 Å². The maximum Gasteiger partial charge on any atom is 0.417 e. The van der Waals surface area contributed by atoms with Gasteiger partial charge in [0.15, 0.2) is 6.29 Å². The van der Waals surface area contributed by atoms with Crippen molar-refractivity contribution in [3.63, 3.8) is 0 Å². The highest BCUT2D eigenvalue weighted by Crippen LogP contribution is 2.32. The maximum absolute atomic E-state index is 12.8. The van der Waals surface area contributed by atoms with E-state index < -0.39 is 11.7 Å². The van der Waals surface area contributed by atoms with Crippen LogP contribution in [0.1, 0.15) is 21.5 Å². The summed E-state index contributed by atoms with van der Waals surface area (Å²) in [5.41, 5.74) is 0.587. The normalized spacial score (nSPS) is 11.2. The van der Waals surface area contributed by atoms with Crippen molar-refractivity contribution in [1.29, 1.82) is 0 Å². The number of hydrogen-bond acceptors (Lipinski definition) is 3. The summed E-state index contributed by atoms with van der Waals surface area (Å²) in [6.45, 7) is 0.352. The number of carbonyl (C=O) groups is 1. The molecule has 0 N–H and O–H groups in total. The van der Waals surface area contributed by atoms with Crippen LogP contribution in [0.3, 0.4) is 0 Å². The monoisotopic (exact) mass is 357 g/mol. The molecule has 132 valence electrons. The lowest BCUT2D eigenvalue weighted by molar-refractivity contribution is -0.137. The number of alkyl halides is 3. The molecule has 0 saturated carbocycles. The Bertz CT molecular complexity index is 908. The molecule has 0 amide bonds.